The molecule has 1 aromatic rings. The van der Waals surface area contributed by atoms with E-state index in [4.69, 9.17) is 42.6 Å². The number of carbonyl (C=O) groups excluding carboxylic acids is 6. The zero-order valence-corrected chi connectivity index (χ0v) is 27.2. The zero-order valence-electron chi connectivity index (χ0n) is 27.2. The van der Waals surface area contributed by atoms with Crippen molar-refractivity contribution in [1.82, 2.24) is 0 Å². The smallest absolute Gasteiger partial charge is 0.331 e. The number of aliphatic hydroxyl groups is 2. The maximum atomic E-state index is 13.1. The lowest BCUT2D eigenvalue weighted by atomic mass is 9.98. The lowest BCUT2D eigenvalue weighted by molar-refractivity contribution is -0.384. The van der Waals surface area contributed by atoms with Crippen molar-refractivity contribution in [3.8, 4) is 5.75 Å². The van der Waals surface area contributed by atoms with Crippen molar-refractivity contribution in [3.63, 3.8) is 0 Å². The summed E-state index contributed by atoms with van der Waals surface area (Å²) < 4.78 is 49.0. The molecule has 1 aromatic carbocycles. The van der Waals surface area contributed by atoms with Crippen LogP contribution in [0.5, 0.6) is 5.75 Å². The Labute approximate surface area is 279 Å². The van der Waals surface area contributed by atoms with Gasteiger partial charge in [0.15, 0.2) is 18.3 Å². The number of rotatable bonds is 13. The molecule has 3 rings (SSSR count). The van der Waals surface area contributed by atoms with E-state index in [9.17, 15) is 44.1 Å². The number of phenols is 1. The molecule has 2 fully saturated rings. The van der Waals surface area contributed by atoms with Crippen LogP contribution < -0.4 is 0 Å². The molecule has 2 aliphatic heterocycles. The Hall–Kier alpha value is -4.62. The highest BCUT2D eigenvalue weighted by Gasteiger charge is 2.63. The fourth-order valence-electron chi connectivity index (χ4n) is 4.92. The topological polar surface area (TPSA) is 246 Å². The van der Waals surface area contributed by atoms with Crippen LogP contribution in [0.15, 0.2) is 30.3 Å². The SMILES string of the molecule is CC(=O)OC[C@H]1O[C@@](COC(C)=O)(O[C@H]2O[C@H](COC(C)=O)[C@@H](OC(C)=O)[C@H](O)[C@H]2OC(C)=O)[C@@H](OC(=O)C=Cc2cccc(O)c2)[C@@H]1O. The number of hydrogen-bond acceptors (Lipinski definition) is 18. The zero-order chi connectivity index (χ0) is 36.5. The monoisotopic (exact) mass is 698 g/mol. The number of aliphatic hydroxyl groups excluding tert-OH is 2. The summed E-state index contributed by atoms with van der Waals surface area (Å²) in [5.41, 5.74) is 0.394. The van der Waals surface area contributed by atoms with Gasteiger partial charge < -0.3 is 58.0 Å². The fraction of sp³-hybridized carbons (Fsp3) is 0.548. The lowest BCUT2D eigenvalue weighted by Gasteiger charge is -2.45. The normalized spacial score (nSPS) is 29.4. The van der Waals surface area contributed by atoms with E-state index in [0.29, 0.717) is 5.56 Å². The van der Waals surface area contributed by atoms with E-state index in [1.54, 1.807) is 6.07 Å². The molecule has 18 nitrogen and oxygen atoms in total. The summed E-state index contributed by atoms with van der Waals surface area (Å²) in [6, 6.07) is 5.84. The number of carbonyl (C=O) groups is 6. The molecule has 2 heterocycles. The molecule has 0 amide bonds. The third-order valence-corrected chi connectivity index (χ3v) is 6.92. The Balaban J connectivity index is 2.07. The highest BCUT2D eigenvalue weighted by atomic mass is 16.8. The van der Waals surface area contributed by atoms with Gasteiger partial charge in [0, 0.05) is 40.7 Å². The van der Waals surface area contributed by atoms with Gasteiger partial charge in [0.25, 0.3) is 0 Å². The minimum absolute atomic E-state index is 0.0859. The van der Waals surface area contributed by atoms with Crippen molar-refractivity contribution < 1.29 is 86.7 Å². The first-order chi connectivity index (χ1) is 23.0. The molecule has 0 spiro atoms. The number of hydrogen-bond donors (Lipinski definition) is 3. The predicted molar refractivity (Wildman–Crippen MR) is 157 cm³/mol. The highest BCUT2D eigenvalue weighted by Crippen LogP contribution is 2.40. The van der Waals surface area contributed by atoms with Crippen molar-refractivity contribution in [2.75, 3.05) is 19.8 Å². The molecule has 18 heteroatoms. The van der Waals surface area contributed by atoms with Gasteiger partial charge in [-0.2, -0.15) is 0 Å². The maximum absolute atomic E-state index is 13.1. The molecule has 0 radical (unpaired) electrons. The molecular formula is C31H38O18. The molecule has 2 saturated heterocycles. The molecule has 2 aliphatic rings. The summed E-state index contributed by atoms with van der Waals surface area (Å²) in [5.74, 6) is -7.97. The van der Waals surface area contributed by atoms with Crippen molar-refractivity contribution >= 4 is 41.9 Å². The second-order valence-corrected chi connectivity index (χ2v) is 10.9. The minimum Gasteiger partial charge on any atom is -0.508 e. The van der Waals surface area contributed by atoms with E-state index in [2.05, 4.69) is 0 Å². The summed E-state index contributed by atoms with van der Waals surface area (Å²) in [6.07, 6.45) is -11.7. The van der Waals surface area contributed by atoms with Crippen molar-refractivity contribution in [2.45, 2.75) is 89.4 Å². The van der Waals surface area contributed by atoms with Crippen LogP contribution in [0, 0.1) is 0 Å². The maximum Gasteiger partial charge on any atom is 0.331 e. The van der Waals surface area contributed by atoms with Crippen molar-refractivity contribution in [1.29, 1.82) is 0 Å². The van der Waals surface area contributed by atoms with Crippen molar-refractivity contribution in [2.24, 2.45) is 0 Å². The van der Waals surface area contributed by atoms with E-state index in [1.165, 1.54) is 24.3 Å². The number of ether oxygens (including phenoxy) is 9. The van der Waals surface area contributed by atoms with Gasteiger partial charge in [-0.15, -0.1) is 0 Å². The third kappa shape index (κ3) is 10.9. The third-order valence-electron chi connectivity index (χ3n) is 6.92. The summed E-state index contributed by atoms with van der Waals surface area (Å²) in [5, 5.41) is 32.3. The fourth-order valence-corrected chi connectivity index (χ4v) is 4.92. The first kappa shape index (κ1) is 38.8. The Bertz CT molecular complexity index is 1410. The number of benzene rings is 1. The first-order valence-corrected chi connectivity index (χ1v) is 14.8. The van der Waals surface area contributed by atoms with Crippen LogP contribution in [0.1, 0.15) is 40.2 Å². The Morgan fingerprint density at radius 2 is 1.37 bits per heavy atom. The van der Waals surface area contributed by atoms with Gasteiger partial charge in [-0.3, -0.25) is 24.0 Å². The van der Waals surface area contributed by atoms with E-state index in [0.717, 1.165) is 40.7 Å². The molecule has 0 saturated carbocycles. The molecule has 270 valence electrons. The molecule has 9 atom stereocenters. The standard InChI is InChI=1S/C31H38O18/c1-15(32)41-12-22-25(39)29(47-24(38)10-9-20-7-6-8-21(37)11-20)31(48-22,14-43-17(3)34)49-30-28(45-19(5)36)26(40)27(44-18(4)35)23(46-30)13-42-16(2)33/h6-11,22-23,25-30,37,39-40H,12-14H2,1-5H3/t22-,23-,25-,26+,27-,28-,29+,30-,31+/m1/s1. The van der Waals surface area contributed by atoms with Gasteiger partial charge in [0.2, 0.25) is 12.1 Å². The first-order valence-electron chi connectivity index (χ1n) is 14.8. The Morgan fingerprint density at radius 1 is 0.776 bits per heavy atom. The Morgan fingerprint density at radius 3 is 1.94 bits per heavy atom. The van der Waals surface area contributed by atoms with Gasteiger partial charge in [-0.1, -0.05) is 12.1 Å². The molecule has 0 bridgehead atoms. The largest absolute Gasteiger partial charge is 0.508 e. The molecule has 0 unspecified atom stereocenters. The number of phenolic OH excluding ortho intramolecular Hbond substituents is 1. The van der Waals surface area contributed by atoms with E-state index >= 15 is 0 Å². The van der Waals surface area contributed by atoms with Crippen LogP contribution in [0.2, 0.25) is 0 Å². The average molecular weight is 699 g/mol. The van der Waals surface area contributed by atoms with Crippen LogP contribution >= 0.6 is 0 Å². The quantitative estimate of drug-likeness (QED) is 0.133. The summed E-state index contributed by atoms with van der Waals surface area (Å²) in [6.45, 7) is 3.05. The molecule has 49 heavy (non-hydrogen) atoms. The van der Waals surface area contributed by atoms with E-state index < -0.39 is 110 Å². The van der Waals surface area contributed by atoms with E-state index in [1.807, 2.05) is 0 Å². The lowest BCUT2D eigenvalue weighted by Crippen LogP contribution is -2.65. The minimum atomic E-state index is -2.52. The van der Waals surface area contributed by atoms with Crippen LogP contribution in [0.25, 0.3) is 6.08 Å². The van der Waals surface area contributed by atoms with Crippen LogP contribution in [0.4, 0.5) is 0 Å². The average Bonchev–Trinajstić information content (AvgIpc) is 3.26. The highest BCUT2D eigenvalue weighted by molar-refractivity contribution is 5.87. The van der Waals surface area contributed by atoms with Crippen molar-refractivity contribution in [3.05, 3.63) is 35.9 Å². The molecular weight excluding hydrogens is 660 g/mol. The molecule has 0 aliphatic carbocycles. The molecule has 0 aromatic heterocycles. The van der Waals surface area contributed by atoms with Crippen LogP contribution in [0.3, 0.4) is 0 Å². The van der Waals surface area contributed by atoms with E-state index in [-0.39, 0.29) is 5.75 Å². The number of aromatic hydroxyl groups is 1. The molecule has 3 N–H and O–H groups in total. The second-order valence-electron chi connectivity index (χ2n) is 10.9. The van der Waals surface area contributed by atoms with Gasteiger partial charge in [-0.05, 0) is 23.8 Å². The summed E-state index contributed by atoms with van der Waals surface area (Å²) in [7, 11) is 0. The summed E-state index contributed by atoms with van der Waals surface area (Å²) in [4.78, 5) is 72.3. The van der Waals surface area contributed by atoms with Gasteiger partial charge in [0.1, 0.15) is 50.0 Å². The van der Waals surface area contributed by atoms with Gasteiger partial charge in [-0.25, -0.2) is 4.79 Å². The summed E-state index contributed by atoms with van der Waals surface area (Å²) >= 11 is 0. The second kappa shape index (κ2) is 17.2. The van der Waals surface area contributed by atoms with Gasteiger partial charge in [0.05, 0.1) is 0 Å². The van der Waals surface area contributed by atoms with Crippen LogP contribution in [-0.2, 0) is 71.4 Å². The van der Waals surface area contributed by atoms with Crippen LogP contribution in [-0.4, -0.2) is 126 Å². The van der Waals surface area contributed by atoms with Gasteiger partial charge >= 0.3 is 35.8 Å². The number of esters is 6. The Kier molecular flexibility index (Phi) is 13.6. The predicted octanol–water partition coefficient (Wildman–Crippen LogP) is -0.572.